The molecule has 0 unspecified atom stereocenters. The maximum absolute atomic E-state index is 8.40. The van der Waals surface area contributed by atoms with Gasteiger partial charge in [-0.3, -0.25) is 0 Å². The van der Waals surface area contributed by atoms with Crippen molar-refractivity contribution in [3.63, 3.8) is 0 Å². The van der Waals surface area contributed by atoms with Crippen molar-refractivity contribution in [3.05, 3.63) is 139 Å². The molecule has 0 aliphatic rings. The van der Waals surface area contributed by atoms with Crippen LogP contribution in [0.5, 0.6) is 0 Å². The maximum atomic E-state index is 8.40. The largest absolute Gasteiger partial charge is 0.456 e. The van der Waals surface area contributed by atoms with Crippen molar-refractivity contribution in [2.75, 3.05) is 0 Å². The van der Waals surface area contributed by atoms with E-state index in [2.05, 4.69) is 9.97 Å². The highest BCUT2D eigenvalue weighted by molar-refractivity contribution is 6.28. The Morgan fingerprint density at radius 2 is 1.14 bits per heavy atom. The predicted octanol–water partition coefficient (Wildman–Crippen LogP) is 10.2. The Balaban J connectivity index is 1.17. The lowest BCUT2D eigenvalue weighted by Crippen LogP contribution is -1.97. The Morgan fingerprint density at radius 1 is 0.500 bits per heavy atom. The van der Waals surface area contributed by atoms with E-state index in [0.717, 1.165) is 55.0 Å². The summed E-state index contributed by atoms with van der Waals surface area (Å²) in [5, 5.41) is 3.94. The van der Waals surface area contributed by atoms with E-state index in [-0.39, 0.29) is 35.0 Å². The topological polar surface area (TPSA) is 51.8 Å². The summed E-state index contributed by atoms with van der Waals surface area (Å²) in [6, 6.07) is 31.5. The smallest absolute Gasteiger partial charge is 0.226 e. The minimum absolute atomic E-state index is 0.0750. The standard InChI is InChI=1S/C37H22ClN3O/c38-37-40-35(39-36(41-37)29-17-18-32-31-11-4-5-12-33(31)42-34(32)22-29)28-10-6-9-25(19-28)27-16-14-24-13-15-26(20-30(24)21-27)23-7-2-1-3-8-23/h1-22H/i1D,2D,3D,7D,8D. The Morgan fingerprint density at radius 3 is 1.95 bits per heavy atom. The molecule has 0 aliphatic heterocycles. The molecule has 0 amide bonds. The minimum atomic E-state index is -0.412. The molecule has 0 saturated carbocycles. The number of furan rings is 1. The van der Waals surface area contributed by atoms with Crippen molar-refractivity contribution >= 4 is 44.3 Å². The zero-order valence-corrected chi connectivity index (χ0v) is 22.7. The van der Waals surface area contributed by atoms with E-state index in [4.69, 9.17) is 27.9 Å². The summed E-state index contributed by atoms with van der Waals surface area (Å²) >= 11 is 6.42. The third-order valence-corrected chi connectivity index (χ3v) is 7.50. The first-order valence-electron chi connectivity index (χ1n) is 15.8. The molecule has 0 aliphatic carbocycles. The van der Waals surface area contributed by atoms with Gasteiger partial charge in [-0.2, -0.15) is 9.97 Å². The normalized spacial score (nSPS) is 13.1. The fraction of sp³-hybridized carbons (Fsp3) is 0. The number of aromatic nitrogens is 3. The zero-order chi connectivity index (χ0) is 32.4. The van der Waals surface area contributed by atoms with Gasteiger partial charge in [0.1, 0.15) is 11.2 Å². The van der Waals surface area contributed by atoms with Gasteiger partial charge in [0, 0.05) is 21.9 Å². The number of halogens is 1. The molecule has 8 rings (SSSR count). The number of nitrogens with zero attached hydrogens (tertiary/aromatic N) is 3. The summed E-state index contributed by atoms with van der Waals surface area (Å²) in [6.45, 7) is 0. The first-order chi connectivity index (χ1) is 22.7. The molecule has 0 saturated heterocycles. The SMILES string of the molecule is [2H]c1c([2H])c([2H])c(-c2ccc3ccc(-c4cccc(-c5nc(Cl)nc(-c6ccc7c(c6)oc6ccccc67)n5)c4)cc3c2)c([2H])c1[2H]. The van der Waals surface area contributed by atoms with E-state index < -0.39 is 6.04 Å². The Hall–Kier alpha value is -5.32. The molecule has 0 atom stereocenters. The third kappa shape index (κ3) is 4.39. The van der Waals surface area contributed by atoms with E-state index in [1.807, 2.05) is 97.1 Å². The van der Waals surface area contributed by atoms with Crippen molar-refractivity contribution in [3.8, 4) is 45.0 Å². The predicted molar refractivity (Wildman–Crippen MR) is 171 cm³/mol. The molecule has 4 nitrogen and oxygen atoms in total. The highest BCUT2D eigenvalue weighted by Crippen LogP contribution is 2.33. The van der Waals surface area contributed by atoms with Crippen LogP contribution in [0.3, 0.4) is 0 Å². The second-order valence-electron chi connectivity index (χ2n) is 9.92. The van der Waals surface area contributed by atoms with Gasteiger partial charge in [0.2, 0.25) is 5.28 Å². The van der Waals surface area contributed by atoms with Crippen LogP contribution < -0.4 is 0 Å². The summed E-state index contributed by atoms with van der Waals surface area (Å²) in [5.41, 5.74) is 5.61. The van der Waals surface area contributed by atoms with E-state index in [9.17, 15) is 0 Å². The molecule has 5 heteroatoms. The van der Waals surface area contributed by atoms with Crippen LogP contribution in [-0.4, -0.2) is 15.0 Å². The molecule has 2 aromatic heterocycles. The van der Waals surface area contributed by atoms with Crippen molar-refractivity contribution < 1.29 is 11.3 Å². The summed E-state index contributed by atoms with van der Waals surface area (Å²) in [7, 11) is 0. The highest BCUT2D eigenvalue weighted by Gasteiger charge is 2.13. The monoisotopic (exact) mass is 564 g/mol. The second kappa shape index (κ2) is 9.95. The van der Waals surface area contributed by atoms with Crippen molar-refractivity contribution in [1.82, 2.24) is 15.0 Å². The second-order valence-corrected chi connectivity index (χ2v) is 10.3. The van der Waals surface area contributed by atoms with E-state index >= 15 is 0 Å². The zero-order valence-electron chi connectivity index (χ0n) is 26.9. The van der Waals surface area contributed by atoms with Gasteiger partial charge in [0.05, 0.1) is 6.85 Å². The van der Waals surface area contributed by atoms with Gasteiger partial charge in [-0.15, -0.1) is 0 Å². The van der Waals surface area contributed by atoms with Crippen LogP contribution in [0.4, 0.5) is 0 Å². The van der Waals surface area contributed by atoms with Crippen LogP contribution in [-0.2, 0) is 0 Å². The van der Waals surface area contributed by atoms with Gasteiger partial charge in [-0.05, 0) is 81.0 Å². The number of para-hydroxylation sites is 1. The van der Waals surface area contributed by atoms with Crippen LogP contribution >= 0.6 is 11.6 Å². The number of fused-ring (bicyclic) bond motifs is 4. The van der Waals surface area contributed by atoms with Crippen LogP contribution in [0.2, 0.25) is 5.28 Å². The first kappa shape index (κ1) is 19.7. The van der Waals surface area contributed by atoms with Crippen LogP contribution in [0, 0.1) is 0 Å². The molecule has 42 heavy (non-hydrogen) atoms. The van der Waals surface area contributed by atoms with Crippen LogP contribution in [0.15, 0.2) is 138 Å². The Bertz CT molecular complexity index is 2540. The first-order valence-corrected chi connectivity index (χ1v) is 13.7. The molecule has 0 fully saturated rings. The van der Waals surface area contributed by atoms with Gasteiger partial charge in [-0.1, -0.05) is 96.9 Å². The fourth-order valence-corrected chi connectivity index (χ4v) is 5.45. The van der Waals surface area contributed by atoms with Gasteiger partial charge >= 0.3 is 0 Å². The summed E-state index contributed by atoms with van der Waals surface area (Å²) < 4.78 is 47.0. The lowest BCUT2D eigenvalue weighted by atomic mass is 9.97. The fourth-order valence-electron chi connectivity index (χ4n) is 5.29. The molecular formula is C37H22ClN3O. The molecule has 0 spiro atoms. The van der Waals surface area contributed by atoms with Crippen LogP contribution in [0.1, 0.15) is 6.85 Å². The summed E-state index contributed by atoms with van der Waals surface area (Å²) in [5.74, 6) is 0.856. The van der Waals surface area contributed by atoms with E-state index in [0.29, 0.717) is 17.2 Å². The number of rotatable bonds is 4. The lowest BCUT2D eigenvalue weighted by Gasteiger charge is -2.09. The van der Waals surface area contributed by atoms with Crippen molar-refractivity contribution in [2.24, 2.45) is 0 Å². The summed E-state index contributed by atoms with van der Waals surface area (Å²) in [4.78, 5) is 13.6. The minimum Gasteiger partial charge on any atom is -0.456 e. The Kier molecular flexibility index (Phi) is 4.67. The van der Waals surface area contributed by atoms with E-state index in [1.165, 1.54) is 0 Å². The molecule has 198 valence electrons. The molecule has 2 heterocycles. The van der Waals surface area contributed by atoms with Gasteiger partial charge < -0.3 is 4.42 Å². The average molecular weight is 565 g/mol. The van der Waals surface area contributed by atoms with Crippen molar-refractivity contribution in [2.45, 2.75) is 0 Å². The van der Waals surface area contributed by atoms with Gasteiger partial charge in [0.15, 0.2) is 11.6 Å². The molecular weight excluding hydrogens is 538 g/mol. The summed E-state index contributed by atoms with van der Waals surface area (Å²) in [6.07, 6.45) is 0. The number of hydrogen-bond acceptors (Lipinski definition) is 4. The van der Waals surface area contributed by atoms with Gasteiger partial charge in [0.25, 0.3) is 0 Å². The quantitative estimate of drug-likeness (QED) is 0.213. The number of hydrogen-bond donors (Lipinski definition) is 0. The maximum Gasteiger partial charge on any atom is 0.226 e. The molecule has 0 bridgehead atoms. The number of benzene rings is 6. The molecule has 8 aromatic rings. The van der Waals surface area contributed by atoms with Crippen molar-refractivity contribution in [1.29, 1.82) is 0 Å². The third-order valence-electron chi connectivity index (χ3n) is 7.33. The Labute approximate surface area is 253 Å². The van der Waals surface area contributed by atoms with Crippen LogP contribution in [0.25, 0.3) is 77.7 Å². The lowest BCUT2D eigenvalue weighted by molar-refractivity contribution is 0.669. The molecule has 6 aromatic carbocycles. The van der Waals surface area contributed by atoms with E-state index in [1.54, 1.807) is 6.07 Å². The highest BCUT2D eigenvalue weighted by atomic mass is 35.5. The average Bonchev–Trinajstić information content (AvgIpc) is 3.47. The molecule has 0 N–H and O–H groups in total. The molecule has 0 radical (unpaired) electrons. The van der Waals surface area contributed by atoms with Gasteiger partial charge in [-0.25, -0.2) is 4.98 Å².